The summed E-state index contributed by atoms with van der Waals surface area (Å²) in [5.74, 6) is 0.316. The lowest BCUT2D eigenvalue weighted by Crippen LogP contribution is -2.16. The average molecular weight is 411 g/mol. The Morgan fingerprint density at radius 1 is 1.00 bits per heavy atom. The van der Waals surface area contributed by atoms with Crippen molar-refractivity contribution in [3.8, 4) is 5.75 Å². The van der Waals surface area contributed by atoms with Crippen molar-refractivity contribution in [3.05, 3.63) is 78.5 Å². The highest BCUT2D eigenvalue weighted by Gasteiger charge is 2.16. The molecular weight excluding hydrogens is 390 g/mol. The summed E-state index contributed by atoms with van der Waals surface area (Å²) in [6, 6.07) is 17.7. The van der Waals surface area contributed by atoms with Crippen LogP contribution in [-0.4, -0.2) is 25.4 Å². The van der Waals surface area contributed by atoms with Gasteiger partial charge in [0.2, 0.25) is 0 Å². The van der Waals surface area contributed by atoms with E-state index in [0.717, 1.165) is 0 Å². The summed E-state index contributed by atoms with van der Waals surface area (Å²) in [6.07, 6.45) is 1.47. The SMILES string of the molecule is CC(C)Oc1cccnc1NC(=O)c1cccc(NS(=O)(=O)c2ccccc2)c1. The molecule has 0 fully saturated rings. The Labute approximate surface area is 169 Å². The number of anilines is 2. The lowest BCUT2D eigenvalue weighted by Gasteiger charge is -2.14. The molecule has 0 spiro atoms. The van der Waals surface area contributed by atoms with Crippen LogP contribution in [0.2, 0.25) is 0 Å². The molecule has 0 aliphatic carbocycles. The van der Waals surface area contributed by atoms with E-state index in [4.69, 9.17) is 4.74 Å². The number of ether oxygens (including phenoxy) is 1. The van der Waals surface area contributed by atoms with Crippen molar-refractivity contribution in [1.82, 2.24) is 4.98 Å². The first kappa shape index (κ1) is 20.3. The maximum atomic E-state index is 12.7. The Morgan fingerprint density at radius 2 is 1.76 bits per heavy atom. The summed E-state index contributed by atoms with van der Waals surface area (Å²) < 4.78 is 33.1. The van der Waals surface area contributed by atoms with Gasteiger partial charge in [-0.15, -0.1) is 0 Å². The molecule has 150 valence electrons. The van der Waals surface area contributed by atoms with Gasteiger partial charge in [0.25, 0.3) is 15.9 Å². The molecule has 1 heterocycles. The smallest absolute Gasteiger partial charge is 0.261 e. The van der Waals surface area contributed by atoms with Gasteiger partial charge < -0.3 is 10.1 Å². The number of benzene rings is 2. The van der Waals surface area contributed by atoms with Crippen LogP contribution in [0.15, 0.2) is 77.8 Å². The molecule has 1 aromatic heterocycles. The summed E-state index contributed by atoms with van der Waals surface area (Å²) in [7, 11) is -3.75. The van der Waals surface area contributed by atoms with E-state index >= 15 is 0 Å². The fraction of sp³-hybridized carbons (Fsp3) is 0.143. The van der Waals surface area contributed by atoms with Gasteiger partial charge in [0.1, 0.15) is 0 Å². The Bertz CT molecular complexity index is 1100. The zero-order valence-corrected chi connectivity index (χ0v) is 16.8. The van der Waals surface area contributed by atoms with Crippen LogP contribution < -0.4 is 14.8 Å². The summed E-state index contributed by atoms with van der Waals surface area (Å²) in [4.78, 5) is 16.9. The lowest BCUT2D eigenvalue weighted by molar-refractivity contribution is 0.102. The molecule has 0 bridgehead atoms. The lowest BCUT2D eigenvalue weighted by atomic mass is 10.2. The molecule has 0 atom stereocenters. The highest BCUT2D eigenvalue weighted by atomic mass is 32.2. The van der Waals surface area contributed by atoms with Crippen LogP contribution in [0.3, 0.4) is 0 Å². The molecule has 3 rings (SSSR count). The number of nitrogens with one attached hydrogen (secondary N) is 2. The highest BCUT2D eigenvalue weighted by molar-refractivity contribution is 7.92. The fourth-order valence-corrected chi connectivity index (χ4v) is 3.62. The normalized spacial score (nSPS) is 11.1. The third-order valence-corrected chi connectivity index (χ3v) is 5.19. The second-order valence-electron chi connectivity index (χ2n) is 6.47. The number of sulfonamides is 1. The summed E-state index contributed by atoms with van der Waals surface area (Å²) in [5.41, 5.74) is 0.556. The highest BCUT2D eigenvalue weighted by Crippen LogP contribution is 2.23. The van der Waals surface area contributed by atoms with E-state index in [1.807, 2.05) is 13.8 Å². The second kappa shape index (κ2) is 8.74. The van der Waals surface area contributed by atoms with Crippen LogP contribution in [0, 0.1) is 0 Å². The van der Waals surface area contributed by atoms with Crippen molar-refractivity contribution in [2.75, 3.05) is 10.0 Å². The number of hydrogen-bond acceptors (Lipinski definition) is 5. The van der Waals surface area contributed by atoms with E-state index in [2.05, 4.69) is 15.0 Å². The minimum Gasteiger partial charge on any atom is -0.487 e. The first-order valence-electron chi connectivity index (χ1n) is 8.96. The van der Waals surface area contributed by atoms with Gasteiger partial charge in [-0.3, -0.25) is 9.52 Å². The molecule has 2 N–H and O–H groups in total. The van der Waals surface area contributed by atoms with Crippen LogP contribution in [0.25, 0.3) is 0 Å². The van der Waals surface area contributed by atoms with Gasteiger partial charge >= 0.3 is 0 Å². The van der Waals surface area contributed by atoms with Crippen molar-refractivity contribution in [2.24, 2.45) is 0 Å². The molecule has 0 saturated heterocycles. The first-order chi connectivity index (χ1) is 13.8. The van der Waals surface area contributed by atoms with Gasteiger partial charge in [-0.25, -0.2) is 13.4 Å². The molecule has 0 saturated carbocycles. The van der Waals surface area contributed by atoms with Gasteiger partial charge in [0, 0.05) is 17.4 Å². The minimum absolute atomic E-state index is 0.0782. The Kier molecular flexibility index (Phi) is 6.13. The molecule has 8 heteroatoms. The molecule has 0 radical (unpaired) electrons. The monoisotopic (exact) mass is 411 g/mol. The van der Waals surface area contributed by atoms with E-state index in [0.29, 0.717) is 11.6 Å². The summed E-state index contributed by atoms with van der Waals surface area (Å²) in [6.45, 7) is 3.75. The Hall–Kier alpha value is -3.39. The van der Waals surface area contributed by atoms with Crippen LogP contribution in [0.1, 0.15) is 24.2 Å². The van der Waals surface area contributed by atoms with Gasteiger partial charge in [0.05, 0.1) is 11.0 Å². The maximum absolute atomic E-state index is 12.7. The predicted molar refractivity (Wildman–Crippen MR) is 112 cm³/mol. The minimum atomic E-state index is -3.75. The molecule has 0 aliphatic heterocycles. The van der Waals surface area contributed by atoms with Crippen molar-refractivity contribution in [2.45, 2.75) is 24.8 Å². The number of carbonyl (C=O) groups excluding carboxylic acids is 1. The standard InChI is InChI=1S/C21H21N3O4S/c1-15(2)28-19-12-7-13-22-20(19)23-21(25)16-8-6-9-17(14-16)24-29(26,27)18-10-4-3-5-11-18/h3-15,24H,1-2H3,(H,22,23,25). The number of hydrogen-bond donors (Lipinski definition) is 2. The maximum Gasteiger partial charge on any atom is 0.261 e. The second-order valence-corrected chi connectivity index (χ2v) is 8.15. The van der Waals surface area contributed by atoms with Gasteiger partial charge in [-0.1, -0.05) is 24.3 Å². The number of aromatic nitrogens is 1. The quantitative estimate of drug-likeness (QED) is 0.614. The van der Waals surface area contributed by atoms with E-state index in [1.54, 1.807) is 54.7 Å². The molecule has 29 heavy (non-hydrogen) atoms. The van der Waals surface area contributed by atoms with Crippen LogP contribution in [0.4, 0.5) is 11.5 Å². The van der Waals surface area contributed by atoms with Crippen LogP contribution >= 0.6 is 0 Å². The van der Waals surface area contributed by atoms with Gasteiger partial charge in [-0.2, -0.15) is 0 Å². The van der Waals surface area contributed by atoms with Gasteiger partial charge in [0.15, 0.2) is 11.6 Å². The zero-order valence-electron chi connectivity index (χ0n) is 16.0. The molecular formula is C21H21N3O4S. The van der Waals surface area contributed by atoms with Crippen molar-refractivity contribution in [3.63, 3.8) is 0 Å². The third kappa shape index (κ3) is 5.32. The van der Waals surface area contributed by atoms with E-state index in [1.165, 1.54) is 18.2 Å². The number of pyridine rings is 1. The molecule has 1 amide bonds. The number of carbonyl (C=O) groups is 1. The van der Waals surface area contributed by atoms with E-state index in [9.17, 15) is 13.2 Å². The first-order valence-corrected chi connectivity index (χ1v) is 10.4. The Balaban J connectivity index is 1.79. The van der Waals surface area contributed by atoms with Crippen molar-refractivity contribution >= 4 is 27.4 Å². The summed E-state index contributed by atoms with van der Waals surface area (Å²) in [5, 5.41) is 2.70. The van der Waals surface area contributed by atoms with E-state index < -0.39 is 15.9 Å². The van der Waals surface area contributed by atoms with Crippen molar-refractivity contribution < 1.29 is 17.9 Å². The average Bonchev–Trinajstić information content (AvgIpc) is 2.69. The zero-order chi connectivity index (χ0) is 20.9. The van der Waals surface area contributed by atoms with E-state index in [-0.39, 0.29) is 22.3 Å². The molecule has 2 aromatic carbocycles. The summed E-state index contributed by atoms with van der Waals surface area (Å²) >= 11 is 0. The number of nitrogens with zero attached hydrogens (tertiary/aromatic N) is 1. The number of amides is 1. The molecule has 7 nitrogen and oxygen atoms in total. The third-order valence-electron chi connectivity index (χ3n) is 3.80. The van der Waals surface area contributed by atoms with Gasteiger partial charge in [-0.05, 0) is 56.3 Å². The van der Waals surface area contributed by atoms with Crippen LogP contribution in [0.5, 0.6) is 5.75 Å². The molecule has 0 aliphatic rings. The topological polar surface area (TPSA) is 97.4 Å². The molecule has 3 aromatic rings. The fourth-order valence-electron chi connectivity index (χ4n) is 2.55. The molecule has 0 unspecified atom stereocenters. The number of rotatable bonds is 7. The largest absolute Gasteiger partial charge is 0.487 e. The van der Waals surface area contributed by atoms with Crippen LogP contribution in [-0.2, 0) is 10.0 Å². The predicted octanol–water partition coefficient (Wildman–Crippen LogP) is 3.92. The Morgan fingerprint density at radius 3 is 2.48 bits per heavy atom. The van der Waals surface area contributed by atoms with Crippen molar-refractivity contribution in [1.29, 1.82) is 0 Å².